The smallest absolute Gasteiger partial charge is 0.224 e. The second kappa shape index (κ2) is 6.74. The maximum absolute atomic E-state index is 12.0. The standard InChI is InChI=1S/C15H17ClN2O2/c1-2-20-13-5-10(6-13)7-15(19)18-14-8-12(16)4-3-11(14)9-17/h3-4,8,10,13H,2,5-7H2,1H3,(H,18,19). The van der Waals surface area contributed by atoms with Gasteiger partial charge in [-0.2, -0.15) is 5.26 Å². The lowest BCUT2D eigenvalue weighted by Crippen LogP contribution is -2.33. The van der Waals surface area contributed by atoms with Crippen LogP contribution in [0.25, 0.3) is 0 Å². The molecular weight excluding hydrogens is 276 g/mol. The van der Waals surface area contributed by atoms with Crippen molar-refractivity contribution in [3.63, 3.8) is 0 Å². The number of ether oxygens (including phenoxy) is 1. The van der Waals surface area contributed by atoms with Gasteiger partial charge in [-0.1, -0.05) is 11.6 Å². The highest BCUT2D eigenvalue weighted by Crippen LogP contribution is 2.33. The molecule has 20 heavy (non-hydrogen) atoms. The Bertz CT molecular complexity index is 533. The highest BCUT2D eigenvalue weighted by Gasteiger charge is 2.31. The SMILES string of the molecule is CCOC1CC(CC(=O)Nc2cc(Cl)ccc2C#N)C1. The molecule has 0 bridgehead atoms. The van der Waals surface area contributed by atoms with Gasteiger partial charge < -0.3 is 10.1 Å². The fourth-order valence-electron chi connectivity index (χ4n) is 2.39. The number of nitriles is 1. The van der Waals surface area contributed by atoms with E-state index in [2.05, 4.69) is 5.32 Å². The maximum Gasteiger partial charge on any atom is 0.224 e. The van der Waals surface area contributed by atoms with Crippen LogP contribution in [-0.2, 0) is 9.53 Å². The fraction of sp³-hybridized carbons (Fsp3) is 0.467. The third-order valence-electron chi connectivity index (χ3n) is 3.45. The molecule has 0 atom stereocenters. The number of hydrogen-bond donors (Lipinski definition) is 1. The summed E-state index contributed by atoms with van der Waals surface area (Å²) in [5.74, 6) is 0.292. The van der Waals surface area contributed by atoms with Gasteiger partial charge in [-0.05, 0) is 43.9 Å². The molecule has 1 aliphatic rings. The van der Waals surface area contributed by atoms with Crippen LogP contribution in [0.4, 0.5) is 5.69 Å². The number of carbonyl (C=O) groups excluding carboxylic acids is 1. The Labute approximate surface area is 123 Å². The predicted octanol–water partition coefficient (Wildman–Crippen LogP) is 3.36. The molecule has 1 saturated carbocycles. The zero-order valence-electron chi connectivity index (χ0n) is 11.4. The van der Waals surface area contributed by atoms with Crippen molar-refractivity contribution in [3.8, 4) is 6.07 Å². The Hall–Kier alpha value is -1.57. The molecule has 106 valence electrons. The molecule has 1 aliphatic carbocycles. The Morgan fingerprint density at radius 1 is 1.55 bits per heavy atom. The molecule has 0 spiro atoms. The molecule has 1 fully saturated rings. The quantitative estimate of drug-likeness (QED) is 0.905. The van der Waals surface area contributed by atoms with E-state index in [4.69, 9.17) is 21.6 Å². The Balaban J connectivity index is 1.87. The molecule has 0 aromatic heterocycles. The summed E-state index contributed by atoms with van der Waals surface area (Å²) < 4.78 is 5.47. The Kier molecular flexibility index (Phi) is 4.99. The molecule has 0 unspecified atom stereocenters. The van der Waals surface area contributed by atoms with Crippen LogP contribution >= 0.6 is 11.6 Å². The van der Waals surface area contributed by atoms with Gasteiger partial charge in [0.25, 0.3) is 0 Å². The zero-order chi connectivity index (χ0) is 14.5. The van der Waals surface area contributed by atoms with Crippen LogP contribution in [0.5, 0.6) is 0 Å². The highest BCUT2D eigenvalue weighted by molar-refractivity contribution is 6.31. The highest BCUT2D eigenvalue weighted by atomic mass is 35.5. The molecule has 1 amide bonds. The van der Waals surface area contributed by atoms with E-state index in [9.17, 15) is 4.79 Å². The Morgan fingerprint density at radius 3 is 2.95 bits per heavy atom. The van der Waals surface area contributed by atoms with Gasteiger partial charge >= 0.3 is 0 Å². The van der Waals surface area contributed by atoms with E-state index in [1.165, 1.54) is 0 Å². The molecule has 0 heterocycles. The minimum atomic E-state index is -0.0799. The second-order valence-corrected chi connectivity index (χ2v) is 5.41. The second-order valence-electron chi connectivity index (χ2n) is 4.97. The summed E-state index contributed by atoms with van der Waals surface area (Å²) in [4.78, 5) is 12.0. The summed E-state index contributed by atoms with van der Waals surface area (Å²) in [7, 11) is 0. The van der Waals surface area contributed by atoms with Gasteiger partial charge in [-0.3, -0.25) is 4.79 Å². The molecule has 5 heteroatoms. The van der Waals surface area contributed by atoms with Gasteiger partial charge in [0.15, 0.2) is 0 Å². The van der Waals surface area contributed by atoms with E-state index >= 15 is 0 Å². The number of nitrogens with one attached hydrogen (secondary N) is 1. The molecule has 1 N–H and O–H groups in total. The first-order valence-corrected chi connectivity index (χ1v) is 7.11. The molecule has 1 aromatic rings. The van der Waals surface area contributed by atoms with Crippen LogP contribution in [-0.4, -0.2) is 18.6 Å². The zero-order valence-corrected chi connectivity index (χ0v) is 12.1. The van der Waals surface area contributed by atoms with Crippen LogP contribution < -0.4 is 5.32 Å². The van der Waals surface area contributed by atoms with E-state index in [0.717, 1.165) is 19.4 Å². The molecule has 0 radical (unpaired) electrons. The number of amides is 1. The summed E-state index contributed by atoms with van der Waals surface area (Å²) in [5.41, 5.74) is 0.897. The summed E-state index contributed by atoms with van der Waals surface area (Å²) in [6.07, 6.45) is 2.63. The number of nitrogens with zero attached hydrogens (tertiary/aromatic N) is 1. The lowest BCUT2D eigenvalue weighted by Gasteiger charge is -2.34. The van der Waals surface area contributed by atoms with Crippen molar-refractivity contribution in [2.45, 2.75) is 32.3 Å². The number of rotatable bonds is 5. The normalized spacial score (nSPS) is 20.9. The van der Waals surface area contributed by atoms with Gasteiger partial charge in [0.2, 0.25) is 5.91 Å². The van der Waals surface area contributed by atoms with Crippen molar-refractivity contribution in [1.29, 1.82) is 5.26 Å². The summed E-state index contributed by atoms with van der Waals surface area (Å²) in [6, 6.07) is 6.88. The molecule has 4 nitrogen and oxygen atoms in total. The minimum absolute atomic E-state index is 0.0799. The van der Waals surface area contributed by atoms with Crippen LogP contribution in [0.1, 0.15) is 31.7 Å². The largest absolute Gasteiger partial charge is 0.378 e. The first kappa shape index (κ1) is 14.8. The van der Waals surface area contributed by atoms with Crippen molar-refractivity contribution < 1.29 is 9.53 Å². The van der Waals surface area contributed by atoms with Crippen LogP contribution in [0.3, 0.4) is 0 Å². The predicted molar refractivity (Wildman–Crippen MR) is 77.6 cm³/mol. The monoisotopic (exact) mass is 292 g/mol. The van der Waals surface area contributed by atoms with Crippen molar-refractivity contribution in [2.75, 3.05) is 11.9 Å². The molecule has 0 aliphatic heterocycles. The van der Waals surface area contributed by atoms with E-state index < -0.39 is 0 Å². The number of benzene rings is 1. The maximum atomic E-state index is 12.0. The number of halogens is 1. The molecule has 2 rings (SSSR count). The van der Waals surface area contributed by atoms with E-state index in [0.29, 0.717) is 34.7 Å². The van der Waals surface area contributed by atoms with Gasteiger partial charge in [0.05, 0.1) is 17.4 Å². The first-order chi connectivity index (χ1) is 9.62. The number of anilines is 1. The van der Waals surface area contributed by atoms with Gasteiger partial charge in [0.1, 0.15) is 6.07 Å². The fourth-order valence-corrected chi connectivity index (χ4v) is 2.57. The van der Waals surface area contributed by atoms with Crippen LogP contribution in [0.2, 0.25) is 5.02 Å². The van der Waals surface area contributed by atoms with Crippen molar-refractivity contribution in [1.82, 2.24) is 0 Å². The van der Waals surface area contributed by atoms with E-state index in [1.54, 1.807) is 18.2 Å². The Morgan fingerprint density at radius 2 is 2.30 bits per heavy atom. The van der Waals surface area contributed by atoms with Crippen molar-refractivity contribution in [3.05, 3.63) is 28.8 Å². The number of hydrogen-bond acceptors (Lipinski definition) is 3. The van der Waals surface area contributed by atoms with Crippen LogP contribution in [0, 0.1) is 17.2 Å². The first-order valence-electron chi connectivity index (χ1n) is 6.73. The molecule has 0 saturated heterocycles. The minimum Gasteiger partial charge on any atom is -0.378 e. The van der Waals surface area contributed by atoms with Gasteiger partial charge in [-0.25, -0.2) is 0 Å². The van der Waals surface area contributed by atoms with E-state index in [-0.39, 0.29) is 5.91 Å². The topological polar surface area (TPSA) is 62.1 Å². The summed E-state index contributed by atoms with van der Waals surface area (Å²) in [5, 5.41) is 12.3. The van der Waals surface area contributed by atoms with Crippen LogP contribution in [0.15, 0.2) is 18.2 Å². The average molecular weight is 293 g/mol. The average Bonchev–Trinajstić information content (AvgIpc) is 2.36. The van der Waals surface area contributed by atoms with Gasteiger partial charge in [-0.15, -0.1) is 0 Å². The van der Waals surface area contributed by atoms with Gasteiger partial charge in [0, 0.05) is 18.1 Å². The third-order valence-corrected chi connectivity index (χ3v) is 3.68. The summed E-state index contributed by atoms with van der Waals surface area (Å²) >= 11 is 5.88. The molecular formula is C15H17ClN2O2. The van der Waals surface area contributed by atoms with E-state index in [1.807, 2.05) is 13.0 Å². The lowest BCUT2D eigenvalue weighted by molar-refractivity contribution is -0.119. The summed E-state index contributed by atoms with van der Waals surface area (Å²) in [6.45, 7) is 2.69. The lowest BCUT2D eigenvalue weighted by atomic mass is 9.80. The number of carbonyl (C=O) groups is 1. The molecule has 1 aromatic carbocycles. The third kappa shape index (κ3) is 3.72. The van der Waals surface area contributed by atoms with Crippen molar-refractivity contribution >= 4 is 23.2 Å². The van der Waals surface area contributed by atoms with Crippen molar-refractivity contribution in [2.24, 2.45) is 5.92 Å².